The first-order valence-electron chi connectivity index (χ1n) is 10.9. The normalized spacial score (nSPS) is 10.8. The number of thiophene rings is 1. The molecule has 2 heterocycles. The number of ketones is 2. The lowest BCUT2D eigenvalue weighted by Gasteiger charge is -2.10. The molecule has 34 heavy (non-hydrogen) atoms. The van der Waals surface area contributed by atoms with E-state index in [0.29, 0.717) is 22.8 Å². The first kappa shape index (κ1) is 23.4. The molecule has 0 saturated heterocycles. The number of nitrogens with zero attached hydrogens (tertiary/aromatic N) is 1. The van der Waals surface area contributed by atoms with E-state index in [9.17, 15) is 9.59 Å². The minimum atomic E-state index is -0.178. The van der Waals surface area contributed by atoms with Gasteiger partial charge in [0.25, 0.3) is 0 Å². The largest absolute Gasteiger partial charge is 0.493 e. The Hall–Kier alpha value is -3.71. The van der Waals surface area contributed by atoms with Crippen LogP contribution in [0.3, 0.4) is 0 Å². The molecule has 4 rings (SSSR count). The summed E-state index contributed by atoms with van der Waals surface area (Å²) in [7, 11) is 4.87. The first-order valence-corrected chi connectivity index (χ1v) is 11.8. The molecule has 2 aromatic heterocycles. The molecule has 1 N–H and O–H groups in total. The van der Waals surface area contributed by atoms with E-state index in [0.717, 1.165) is 22.3 Å². The summed E-state index contributed by atoms with van der Waals surface area (Å²) in [6.07, 6.45) is 0.145. The van der Waals surface area contributed by atoms with Crippen molar-refractivity contribution in [3.63, 3.8) is 0 Å². The molecule has 0 aliphatic heterocycles. The topological polar surface area (TPSA) is 77.5 Å². The minimum absolute atomic E-state index is 0.0658. The van der Waals surface area contributed by atoms with Crippen LogP contribution in [0.25, 0.3) is 21.3 Å². The number of anilines is 1. The number of carbonyl (C=O) groups is 2. The highest BCUT2D eigenvalue weighted by molar-refractivity contribution is 7.18. The van der Waals surface area contributed by atoms with Crippen molar-refractivity contribution in [3.05, 3.63) is 70.7 Å². The maximum absolute atomic E-state index is 13.0. The Kier molecular flexibility index (Phi) is 6.93. The van der Waals surface area contributed by atoms with Crippen molar-refractivity contribution < 1.29 is 19.1 Å². The van der Waals surface area contributed by atoms with E-state index in [1.807, 2.05) is 19.2 Å². The van der Waals surface area contributed by atoms with Crippen molar-refractivity contribution in [2.45, 2.75) is 19.8 Å². The molecule has 0 radical (unpaired) electrons. The third kappa shape index (κ3) is 4.65. The second kappa shape index (κ2) is 10.1. The van der Waals surface area contributed by atoms with Crippen LogP contribution in [0.15, 0.2) is 53.9 Å². The number of aryl methyl sites for hydroxylation is 1. The number of ether oxygens (including phenoxy) is 2. The Morgan fingerprint density at radius 1 is 0.971 bits per heavy atom. The van der Waals surface area contributed by atoms with Gasteiger partial charge in [-0.25, -0.2) is 4.98 Å². The quantitative estimate of drug-likeness (QED) is 0.292. The molecule has 0 bridgehead atoms. The Labute approximate surface area is 202 Å². The number of methoxy groups -OCH3 is 2. The van der Waals surface area contributed by atoms with Crippen molar-refractivity contribution >= 4 is 38.7 Å². The highest BCUT2D eigenvalue weighted by atomic mass is 32.1. The Balaban J connectivity index is 1.57. The van der Waals surface area contributed by atoms with E-state index in [1.54, 1.807) is 42.7 Å². The molecule has 0 aliphatic carbocycles. The molecular formula is C27H26N2O4S. The smallest absolute Gasteiger partial charge is 0.181 e. The zero-order valence-corrected chi connectivity index (χ0v) is 20.4. The Morgan fingerprint density at radius 3 is 2.47 bits per heavy atom. The number of nitrogens with one attached hydrogen (secondary N) is 1. The van der Waals surface area contributed by atoms with Gasteiger partial charge in [0.05, 0.1) is 19.9 Å². The van der Waals surface area contributed by atoms with Gasteiger partial charge in [0, 0.05) is 52.2 Å². The van der Waals surface area contributed by atoms with E-state index in [1.165, 1.54) is 17.4 Å². The van der Waals surface area contributed by atoms with E-state index < -0.39 is 0 Å². The third-order valence-corrected chi connectivity index (χ3v) is 6.89. The summed E-state index contributed by atoms with van der Waals surface area (Å²) in [6.45, 7) is 2.09. The molecule has 0 unspecified atom stereocenters. The summed E-state index contributed by atoms with van der Waals surface area (Å²) in [4.78, 5) is 30.4. The Bertz CT molecular complexity index is 1380. The van der Waals surface area contributed by atoms with Gasteiger partial charge in [-0.15, -0.1) is 11.3 Å². The number of carbonyl (C=O) groups excluding carboxylic acids is 2. The average molecular weight is 475 g/mol. The second-order valence-corrected chi connectivity index (χ2v) is 8.77. The van der Waals surface area contributed by atoms with Crippen LogP contribution in [0, 0.1) is 6.92 Å². The zero-order chi connectivity index (χ0) is 24.2. The van der Waals surface area contributed by atoms with Crippen LogP contribution in [0.1, 0.15) is 39.3 Å². The summed E-state index contributed by atoms with van der Waals surface area (Å²) >= 11 is 1.67. The van der Waals surface area contributed by atoms with Gasteiger partial charge in [0.2, 0.25) is 0 Å². The number of pyridine rings is 1. The SMILES string of the molecule is CNc1cc(C(=O)CCC(=O)c2ccc(OC)c(OC)c2)nc(-c2csc3c(C)cccc23)c1. The summed E-state index contributed by atoms with van der Waals surface area (Å²) in [5.74, 6) is 0.708. The van der Waals surface area contributed by atoms with Crippen LogP contribution >= 0.6 is 11.3 Å². The van der Waals surface area contributed by atoms with Crippen molar-refractivity contribution in [3.8, 4) is 22.8 Å². The lowest BCUT2D eigenvalue weighted by Crippen LogP contribution is -2.08. The summed E-state index contributed by atoms with van der Waals surface area (Å²) in [5.41, 5.74) is 4.56. The standard InChI is InChI=1S/C27H26N2O4S/c1-16-6-5-7-19-20(15-34-27(16)19)21-13-18(28-2)14-22(29-21)24(31)10-9-23(30)17-8-11-25(32-3)26(12-17)33-4/h5-8,11-15H,9-10H2,1-4H3,(H,28,29). The molecular weight excluding hydrogens is 448 g/mol. The molecule has 4 aromatic rings. The molecule has 0 saturated carbocycles. The van der Waals surface area contributed by atoms with Crippen LogP contribution in [0.5, 0.6) is 11.5 Å². The first-order chi connectivity index (χ1) is 16.4. The highest BCUT2D eigenvalue weighted by Gasteiger charge is 2.17. The van der Waals surface area contributed by atoms with Gasteiger partial charge in [-0.2, -0.15) is 0 Å². The molecule has 2 aromatic carbocycles. The molecule has 0 spiro atoms. The van der Waals surface area contributed by atoms with Crippen LogP contribution in [-0.2, 0) is 0 Å². The number of aromatic nitrogens is 1. The van der Waals surface area contributed by atoms with Gasteiger partial charge in [-0.1, -0.05) is 18.2 Å². The van der Waals surface area contributed by atoms with Gasteiger partial charge in [-0.05, 0) is 42.8 Å². The number of fused-ring (bicyclic) bond motifs is 1. The third-order valence-electron chi connectivity index (χ3n) is 5.76. The minimum Gasteiger partial charge on any atom is -0.493 e. The van der Waals surface area contributed by atoms with Gasteiger partial charge < -0.3 is 14.8 Å². The lowest BCUT2D eigenvalue weighted by molar-refractivity contribution is 0.0915. The van der Waals surface area contributed by atoms with Crippen LogP contribution in [0.2, 0.25) is 0 Å². The van der Waals surface area contributed by atoms with Crippen LogP contribution in [-0.4, -0.2) is 37.8 Å². The summed E-state index contributed by atoms with van der Waals surface area (Å²) < 4.78 is 11.7. The van der Waals surface area contributed by atoms with E-state index >= 15 is 0 Å². The predicted octanol–water partition coefficient (Wildman–Crippen LogP) is 6.18. The lowest BCUT2D eigenvalue weighted by atomic mass is 10.0. The van der Waals surface area contributed by atoms with Crippen LogP contribution < -0.4 is 14.8 Å². The van der Waals surface area contributed by atoms with Crippen LogP contribution in [0.4, 0.5) is 5.69 Å². The van der Waals surface area contributed by atoms with Gasteiger partial charge in [-0.3, -0.25) is 9.59 Å². The molecule has 174 valence electrons. The van der Waals surface area contributed by atoms with Crippen molar-refractivity contribution in [2.24, 2.45) is 0 Å². The monoisotopic (exact) mass is 474 g/mol. The molecule has 6 nitrogen and oxygen atoms in total. The number of Topliss-reactive ketones (excluding diaryl/α,β-unsaturated/α-hetero) is 2. The molecule has 0 aliphatic rings. The van der Waals surface area contributed by atoms with E-state index in [4.69, 9.17) is 9.47 Å². The maximum Gasteiger partial charge on any atom is 0.181 e. The summed E-state index contributed by atoms with van der Waals surface area (Å²) in [5, 5.41) is 6.31. The van der Waals surface area contributed by atoms with Gasteiger partial charge in [0.15, 0.2) is 23.1 Å². The fraction of sp³-hybridized carbons (Fsp3) is 0.222. The van der Waals surface area contributed by atoms with Gasteiger partial charge in [0.1, 0.15) is 5.69 Å². The number of hydrogen-bond acceptors (Lipinski definition) is 7. The zero-order valence-electron chi connectivity index (χ0n) is 19.6. The molecule has 7 heteroatoms. The fourth-order valence-electron chi connectivity index (χ4n) is 3.87. The van der Waals surface area contributed by atoms with Crippen molar-refractivity contribution in [1.29, 1.82) is 0 Å². The maximum atomic E-state index is 13.0. The predicted molar refractivity (Wildman–Crippen MR) is 137 cm³/mol. The molecule has 0 amide bonds. The highest BCUT2D eigenvalue weighted by Crippen LogP contribution is 2.36. The second-order valence-electron chi connectivity index (χ2n) is 7.89. The Morgan fingerprint density at radius 2 is 1.74 bits per heavy atom. The number of benzene rings is 2. The average Bonchev–Trinajstić information content (AvgIpc) is 3.31. The summed E-state index contributed by atoms with van der Waals surface area (Å²) in [6, 6.07) is 14.9. The molecule has 0 atom stereocenters. The van der Waals surface area contributed by atoms with Crippen molar-refractivity contribution in [2.75, 3.05) is 26.6 Å². The van der Waals surface area contributed by atoms with E-state index in [-0.39, 0.29) is 24.4 Å². The number of rotatable bonds is 9. The fourth-order valence-corrected chi connectivity index (χ4v) is 4.91. The number of hydrogen-bond donors (Lipinski definition) is 1. The van der Waals surface area contributed by atoms with Gasteiger partial charge >= 0.3 is 0 Å². The molecule has 0 fully saturated rings. The van der Waals surface area contributed by atoms with Crippen molar-refractivity contribution in [1.82, 2.24) is 4.98 Å². The van der Waals surface area contributed by atoms with E-state index in [2.05, 4.69) is 34.7 Å².